The molecule has 1 aromatic carbocycles. The highest BCUT2D eigenvalue weighted by atomic mass is 16.5. The molecule has 1 aromatic rings. The third kappa shape index (κ3) is 4.69. The van der Waals surface area contributed by atoms with Crippen molar-refractivity contribution in [2.45, 2.75) is 64.6 Å². The van der Waals surface area contributed by atoms with Crippen LogP contribution in [0.15, 0.2) is 12.1 Å². The Labute approximate surface area is 174 Å². The maximum atomic E-state index is 12.6. The maximum absolute atomic E-state index is 12.6. The Kier molecular flexibility index (Phi) is 6.44. The van der Waals surface area contributed by atoms with Crippen molar-refractivity contribution in [1.29, 1.82) is 0 Å². The van der Waals surface area contributed by atoms with E-state index in [4.69, 9.17) is 19.9 Å². The van der Waals surface area contributed by atoms with Crippen molar-refractivity contribution < 1.29 is 19.0 Å². The van der Waals surface area contributed by atoms with E-state index in [1.165, 1.54) is 11.1 Å². The van der Waals surface area contributed by atoms with Gasteiger partial charge in [0.05, 0.1) is 14.2 Å². The fourth-order valence-electron chi connectivity index (χ4n) is 4.67. The number of methoxy groups -OCH3 is 2. The van der Waals surface area contributed by atoms with E-state index in [0.717, 1.165) is 43.9 Å². The van der Waals surface area contributed by atoms with Crippen LogP contribution in [-0.4, -0.2) is 49.8 Å². The Bertz CT molecular complexity index is 741. The van der Waals surface area contributed by atoms with E-state index >= 15 is 0 Å². The molecular weight excluding hydrogens is 368 g/mol. The number of piperidine rings is 1. The number of nitrogens with zero attached hydrogens (tertiary/aromatic N) is 1. The van der Waals surface area contributed by atoms with Crippen LogP contribution in [0.4, 0.5) is 0 Å². The second-order valence-electron chi connectivity index (χ2n) is 9.46. The van der Waals surface area contributed by atoms with Crippen LogP contribution >= 0.6 is 0 Å². The van der Waals surface area contributed by atoms with Crippen LogP contribution in [0.3, 0.4) is 0 Å². The summed E-state index contributed by atoms with van der Waals surface area (Å²) < 4.78 is 17.0. The second-order valence-corrected chi connectivity index (χ2v) is 9.46. The molecule has 3 rings (SSSR count). The van der Waals surface area contributed by atoms with Crippen molar-refractivity contribution in [2.75, 3.05) is 27.3 Å². The number of carbonyl (C=O) groups excluding carboxylic acids is 1. The first-order chi connectivity index (χ1) is 13.6. The van der Waals surface area contributed by atoms with E-state index < -0.39 is 5.54 Å². The van der Waals surface area contributed by atoms with Crippen LogP contribution in [0.25, 0.3) is 0 Å². The molecule has 0 bridgehead atoms. The zero-order valence-electron chi connectivity index (χ0n) is 18.7. The highest BCUT2D eigenvalue weighted by molar-refractivity contribution is 5.79. The minimum atomic E-state index is -0.986. The van der Waals surface area contributed by atoms with E-state index in [1.54, 1.807) is 28.1 Å². The number of hydrogen-bond donors (Lipinski definition) is 1. The van der Waals surface area contributed by atoms with Gasteiger partial charge in [0.15, 0.2) is 11.5 Å². The number of fused-ring (bicyclic) bond motifs is 3. The summed E-state index contributed by atoms with van der Waals surface area (Å²) in [5.74, 6) is 2.05. The summed E-state index contributed by atoms with van der Waals surface area (Å²) in [5, 5.41) is 0. The highest BCUT2D eigenvalue weighted by Gasteiger charge is 2.42. The van der Waals surface area contributed by atoms with E-state index in [-0.39, 0.29) is 18.1 Å². The summed E-state index contributed by atoms with van der Waals surface area (Å²) in [4.78, 5) is 15.1. The number of esters is 1. The quantitative estimate of drug-likeness (QED) is 0.733. The van der Waals surface area contributed by atoms with Gasteiger partial charge in [-0.25, -0.2) is 0 Å². The Morgan fingerprint density at radius 2 is 1.90 bits per heavy atom. The van der Waals surface area contributed by atoms with Crippen molar-refractivity contribution in [3.8, 4) is 11.5 Å². The van der Waals surface area contributed by atoms with Crippen molar-refractivity contribution in [3.05, 3.63) is 23.3 Å². The topological polar surface area (TPSA) is 74.0 Å². The third-order valence-electron chi connectivity index (χ3n) is 6.12. The van der Waals surface area contributed by atoms with E-state index in [9.17, 15) is 4.79 Å². The maximum Gasteiger partial charge on any atom is 0.325 e. The van der Waals surface area contributed by atoms with Gasteiger partial charge < -0.3 is 19.9 Å². The van der Waals surface area contributed by atoms with Crippen molar-refractivity contribution in [2.24, 2.45) is 17.6 Å². The number of carbonyl (C=O) groups is 1. The fourth-order valence-corrected chi connectivity index (χ4v) is 4.67. The third-order valence-corrected chi connectivity index (χ3v) is 6.12. The summed E-state index contributed by atoms with van der Waals surface area (Å²) in [7, 11) is 3.33. The zero-order valence-corrected chi connectivity index (χ0v) is 18.7. The predicted molar refractivity (Wildman–Crippen MR) is 113 cm³/mol. The first kappa shape index (κ1) is 21.9. The Morgan fingerprint density at radius 1 is 1.24 bits per heavy atom. The SMILES string of the molecule is COc1cc2c(cc1OC)[C@H]1C[C@@H](OC(=O)C(C)(C)N)[C@H](CC(C)C)CN1CC2. The summed E-state index contributed by atoms with van der Waals surface area (Å²) in [6.07, 6.45) is 2.67. The average molecular weight is 405 g/mol. The van der Waals surface area contributed by atoms with Crippen LogP contribution < -0.4 is 15.2 Å². The molecule has 2 heterocycles. The van der Waals surface area contributed by atoms with Crippen LogP contribution in [0.2, 0.25) is 0 Å². The minimum Gasteiger partial charge on any atom is -0.493 e. The van der Waals surface area contributed by atoms with Crippen LogP contribution in [0.5, 0.6) is 11.5 Å². The number of rotatable bonds is 6. The molecule has 1 saturated heterocycles. The van der Waals surface area contributed by atoms with E-state index in [2.05, 4.69) is 30.9 Å². The van der Waals surface area contributed by atoms with Gasteiger partial charge in [-0.1, -0.05) is 13.8 Å². The molecule has 6 heteroatoms. The standard InChI is InChI=1S/C23H36N2O4/c1-14(2)9-16-13-25-8-7-15-10-20(27-5)21(28-6)11-17(15)18(25)12-19(16)29-22(26)23(3,4)24/h10-11,14,16,18-19H,7-9,12-13,24H2,1-6H3/t16-,18-,19-/m1/s1. The molecule has 0 aromatic heterocycles. The highest BCUT2D eigenvalue weighted by Crippen LogP contribution is 2.44. The molecule has 29 heavy (non-hydrogen) atoms. The number of benzene rings is 1. The van der Waals surface area contributed by atoms with Gasteiger partial charge in [0.2, 0.25) is 0 Å². The molecule has 162 valence electrons. The van der Waals surface area contributed by atoms with Crippen molar-refractivity contribution in [1.82, 2.24) is 4.90 Å². The van der Waals surface area contributed by atoms with Gasteiger partial charge in [-0.2, -0.15) is 0 Å². The van der Waals surface area contributed by atoms with Gasteiger partial charge in [0, 0.05) is 31.5 Å². The molecule has 0 unspecified atom stereocenters. The molecule has 0 amide bonds. The van der Waals surface area contributed by atoms with Gasteiger partial charge in [-0.3, -0.25) is 9.69 Å². The Balaban J connectivity index is 1.90. The number of hydrogen-bond acceptors (Lipinski definition) is 6. The van der Waals surface area contributed by atoms with Gasteiger partial charge in [-0.15, -0.1) is 0 Å². The van der Waals surface area contributed by atoms with Crippen LogP contribution in [-0.2, 0) is 16.0 Å². The Hall–Kier alpha value is -1.79. The molecule has 2 N–H and O–H groups in total. The zero-order chi connectivity index (χ0) is 21.3. The molecule has 6 nitrogen and oxygen atoms in total. The van der Waals surface area contributed by atoms with E-state index in [0.29, 0.717) is 11.8 Å². The fraction of sp³-hybridized carbons (Fsp3) is 0.696. The normalized spacial score (nSPS) is 24.6. The lowest BCUT2D eigenvalue weighted by Gasteiger charge is -2.47. The molecule has 2 aliphatic rings. The van der Waals surface area contributed by atoms with Gasteiger partial charge >= 0.3 is 5.97 Å². The second kappa shape index (κ2) is 8.52. The molecule has 2 aliphatic heterocycles. The predicted octanol–water partition coefficient (Wildman–Crippen LogP) is 3.32. The molecule has 3 atom stereocenters. The first-order valence-electron chi connectivity index (χ1n) is 10.6. The smallest absolute Gasteiger partial charge is 0.325 e. The monoisotopic (exact) mass is 404 g/mol. The first-order valence-corrected chi connectivity index (χ1v) is 10.6. The average Bonchev–Trinajstić information content (AvgIpc) is 2.66. The summed E-state index contributed by atoms with van der Waals surface area (Å²) in [5.41, 5.74) is 7.56. The van der Waals surface area contributed by atoms with Crippen LogP contribution in [0.1, 0.15) is 57.7 Å². The summed E-state index contributed by atoms with van der Waals surface area (Å²) in [6, 6.07) is 4.40. The van der Waals surface area contributed by atoms with Crippen molar-refractivity contribution in [3.63, 3.8) is 0 Å². The molecule has 0 spiro atoms. The lowest BCUT2D eigenvalue weighted by molar-refractivity contribution is -0.162. The molecule has 0 aliphatic carbocycles. The lowest BCUT2D eigenvalue weighted by atomic mass is 9.79. The van der Waals surface area contributed by atoms with E-state index in [1.807, 2.05) is 0 Å². The number of nitrogens with two attached hydrogens (primary N) is 1. The van der Waals surface area contributed by atoms with Gasteiger partial charge in [0.1, 0.15) is 11.6 Å². The lowest BCUT2D eigenvalue weighted by Crippen LogP contribution is -2.52. The molecule has 1 fully saturated rings. The summed E-state index contributed by atoms with van der Waals surface area (Å²) in [6.45, 7) is 9.79. The molecule has 0 radical (unpaired) electrons. The van der Waals surface area contributed by atoms with Crippen molar-refractivity contribution >= 4 is 5.97 Å². The number of ether oxygens (including phenoxy) is 3. The van der Waals surface area contributed by atoms with Gasteiger partial charge in [0.25, 0.3) is 0 Å². The van der Waals surface area contributed by atoms with Gasteiger partial charge in [-0.05, 0) is 55.9 Å². The van der Waals surface area contributed by atoms with Crippen LogP contribution in [0, 0.1) is 11.8 Å². The summed E-state index contributed by atoms with van der Waals surface area (Å²) >= 11 is 0. The minimum absolute atomic E-state index is 0.131. The Morgan fingerprint density at radius 3 is 2.48 bits per heavy atom. The largest absolute Gasteiger partial charge is 0.493 e. The molecule has 0 saturated carbocycles. The molecular formula is C23H36N2O4.